The SMILES string of the molecule is CC1(c2ccccc2)Nc2ccc(Cl)cc2C(c2ccccc2)N1. The molecule has 0 saturated carbocycles. The number of hydrogen-bond acceptors (Lipinski definition) is 2. The van der Waals surface area contributed by atoms with E-state index >= 15 is 0 Å². The topological polar surface area (TPSA) is 24.1 Å². The van der Waals surface area contributed by atoms with Crippen molar-refractivity contribution in [3.63, 3.8) is 0 Å². The lowest BCUT2D eigenvalue weighted by atomic mass is 9.89. The van der Waals surface area contributed by atoms with Crippen LogP contribution in [0.15, 0.2) is 78.9 Å². The Morgan fingerprint density at radius 2 is 1.54 bits per heavy atom. The van der Waals surface area contributed by atoms with E-state index < -0.39 is 0 Å². The normalized spacial score (nSPS) is 22.5. The lowest BCUT2D eigenvalue weighted by Gasteiger charge is -2.43. The highest BCUT2D eigenvalue weighted by Gasteiger charge is 2.36. The number of hydrogen-bond donors (Lipinski definition) is 2. The first kappa shape index (κ1) is 15.3. The molecule has 0 saturated heterocycles. The summed E-state index contributed by atoms with van der Waals surface area (Å²) in [5.74, 6) is 0. The van der Waals surface area contributed by atoms with Crippen LogP contribution in [0.1, 0.15) is 29.7 Å². The number of halogens is 1. The van der Waals surface area contributed by atoms with Crippen LogP contribution in [-0.2, 0) is 5.66 Å². The van der Waals surface area contributed by atoms with Crippen LogP contribution in [0.25, 0.3) is 0 Å². The average molecular weight is 335 g/mol. The Balaban J connectivity index is 1.85. The van der Waals surface area contributed by atoms with Gasteiger partial charge in [-0.2, -0.15) is 0 Å². The minimum atomic E-state index is -0.359. The fourth-order valence-corrected chi connectivity index (χ4v) is 3.57. The number of benzene rings is 3. The first-order valence-corrected chi connectivity index (χ1v) is 8.49. The van der Waals surface area contributed by atoms with Crippen molar-refractivity contribution in [2.24, 2.45) is 0 Å². The molecule has 2 nitrogen and oxygen atoms in total. The maximum absolute atomic E-state index is 6.26. The number of nitrogens with one attached hydrogen (secondary N) is 2. The molecule has 3 aromatic carbocycles. The average Bonchev–Trinajstić information content (AvgIpc) is 2.63. The molecule has 0 aliphatic carbocycles. The zero-order valence-electron chi connectivity index (χ0n) is 13.5. The van der Waals surface area contributed by atoms with E-state index in [4.69, 9.17) is 11.6 Å². The van der Waals surface area contributed by atoms with Gasteiger partial charge in [-0.15, -0.1) is 0 Å². The molecule has 0 spiro atoms. The van der Waals surface area contributed by atoms with E-state index in [9.17, 15) is 0 Å². The molecule has 0 bridgehead atoms. The second-order valence-electron chi connectivity index (χ2n) is 6.34. The van der Waals surface area contributed by atoms with Crippen molar-refractivity contribution in [2.75, 3.05) is 5.32 Å². The van der Waals surface area contributed by atoms with E-state index in [2.05, 4.69) is 72.2 Å². The van der Waals surface area contributed by atoms with E-state index in [0.717, 1.165) is 10.7 Å². The van der Waals surface area contributed by atoms with E-state index in [1.807, 2.05) is 24.3 Å². The van der Waals surface area contributed by atoms with Gasteiger partial charge in [0.2, 0.25) is 0 Å². The van der Waals surface area contributed by atoms with Gasteiger partial charge in [0.1, 0.15) is 5.66 Å². The van der Waals surface area contributed by atoms with Gasteiger partial charge >= 0.3 is 0 Å². The van der Waals surface area contributed by atoms with E-state index in [0.29, 0.717) is 0 Å². The minimum Gasteiger partial charge on any atom is -0.363 e. The van der Waals surface area contributed by atoms with Crippen molar-refractivity contribution in [2.45, 2.75) is 18.6 Å². The third-order valence-electron chi connectivity index (χ3n) is 4.63. The second kappa shape index (κ2) is 5.97. The van der Waals surface area contributed by atoms with Crippen LogP contribution in [0.4, 0.5) is 5.69 Å². The molecule has 24 heavy (non-hydrogen) atoms. The molecule has 0 aromatic heterocycles. The van der Waals surface area contributed by atoms with Gasteiger partial charge in [-0.05, 0) is 41.8 Å². The van der Waals surface area contributed by atoms with Crippen LogP contribution < -0.4 is 10.6 Å². The molecule has 0 radical (unpaired) electrons. The maximum Gasteiger partial charge on any atom is 0.112 e. The van der Waals surface area contributed by atoms with Crippen molar-refractivity contribution < 1.29 is 0 Å². The Hall–Kier alpha value is -2.29. The van der Waals surface area contributed by atoms with Crippen LogP contribution in [0, 0.1) is 0 Å². The Morgan fingerprint density at radius 3 is 2.25 bits per heavy atom. The highest BCUT2D eigenvalue weighted by atomic mass is 35.5. The molecule has 1 aliphatic rings. The fraction of sp³-hybridized carbons (Fsp3) is 0.143. The summed E-state index contributed by atoms with van der Waals surface area (Å²) < 4.78 is 0. The Bertz CT molecular complexity index is 848. The van der Waals surface area contributed by atoms with Crippen molar-refractivity contribution in [1.29, 1.82) is 0 Å². The summed E-state index contributed by atoms with van der Waals surface area (Å²) in [6.45, 7) is 2.18. The zero-order valence-corrected chi connectivity index (χ0v) is 14.2. The maximum atomic E-state index is 6.26. The summed E-state index contributed by atoms with van der Waals surface area (Å²) in [7, 11) is 0. The van der Waals surface area contributed by atoms with Gasteiger partial charge in [-0.25, -0.2) is 0 Å². The van der Waals surface area contributed by atoms with Gasteiger partial charge < -0.3 is 5.32 Å². The summed E-state index contributed by atoms with van der Waals surface area (Å²) in [6, 6.07) is 27.1. The molecule has 3 heteroatoms. The molecule has 2 unspecified atom stereocenters. The van der Waals surface area contributed by atoms with Crippen molar-refractivity contribution in [1.82, 2.24) is 5.32 Å². The molecular weight excluding hydrogens is 316 g/mol. The summed E-state index contributed by atoms with van der Waals surface area (Å²) in [5.41, 5.74) is 4.35. The zero-order chi connectivity index (χ0) is 16.6. The Morgan fingerprint density at radius 1 is 0.875 bits per heavy atom. The van der Waals surface area contributed by atoms with Crippen LogP contribution in [0.3, 0.4) is 0 Å². The standard InChI is InChI=1S/C21H19ClN2/c1-21(16-10-6-3-7-11-16)23-19-13-12-17(22)14-18(19)20(24-21)15-8-4-2-5-9-15/h2-14,20,23-24H,1H3. The quantitative estimate of drug-likeness (QED) is 0.663. The monoisotopic (exact) mass is 334 g/mol. The predicted octanol–water partition coefficient (Wildman–Crippen LogP) is 5.32. The number of anilines is 1. The molecule has 1 heterocycles. The van der Waals surface area contributed by atoms with Gasteiger partial charge in [-0.3, -0.25) is 5.32 Å². The minimum absolute atomic E-state index is 0.0753. The second-order valence-corrected chi connectivity index (χ2v) is 6.77. The molecular formula is C21H19ClN2. The Labute approximate surface area is 147 Å². The molecule has 0 fully saturated rings. The summed E-state index contributed by atoms with van der Waals surface area (Å²) >= 11 is 6.26. The van der Waals surface area contributed by atoms with Crippen molar-refractivity contribution in [3.8, 4) is 0 Å². The van der Waals surface area contributed by atoms with Gasteiger partial charge in [0.15, 0.2) is 0 Å². The van der Waals surface area contributed by atoms with Gasteiger partial charge in [-0.1, -0.05) is 72.3 Å². The molecule has 2 atom stereocenters. The fourth-order valence-electron chi connectivity index (χ4n) is 3.39. The molecule has 4 rings (SSSR count). The molecule has 120 valence electrons. The highest BCUT2D eigenvalue weighted by Crippen LogP contribution is 2.40. The Kier molecular flexibility index (Phi) is 3.79. The first-order chi connectivity index (χ1) is 11.7. The van der Waals surface area contributed by atoms with Gasteiger partial charge in [0.25, 0.3) is 0 Å². The third kappa shape index (κ3) is 2.68. The summed E-state index contributed by atoms with van der Waals surface area (Å²) in [6.07, 6.45) is 0. The molecule has 0 amide bonds. The largest absolute Gasteiger partial charge is 0.363 e. The van der Waals surface area contributed by atoms with Crippen molar-refractivity contribution >= 4 is 17.3 Å². The van der Waals surface area contributed by atoms with Gasteiger partial charge in [0.05, 0.1) is 6.04 Å². The summed E-state index contributed by atoms with van der Waals surface area (Å²) in [5, 5.41) is 8.17. The summed E-state index contributed by atoms with van der Waals surface area (Å²) in [4.78, 5) is 0. The highest BCUT2D eigenvalue weighted by molar-refractivity contribution is 6.30. The third-order valence-corrected chi connectivity index (χ3v) is 4.86. The lowest BCUT2D eigenvalue weighted by molar-refractivity contribution is 0.367. The number of rotatable bonds is 2. The van der Waals surface area contributed by atoms with E-state index in [-0.39, 0.29) is 11.7 Å². The van der Waals surface area contributed by atoms with Crippen LogP contribution in [0.5, 0.6) is 0 Å². The molecule has 1 aliphatic heterocycles. The van der Waals surface area contributed by atoms with E-state index in [1.165, 1.54) is 16.7 Å². The van der Waals surface area contributed by atoms with Gasteiger partial charge in [0, 0.05) is 10.7 Å². The smallest absolute Gasteiger partial charge is 0.112 e. The number of fused-ring (bicyclic) bond motifs is 1. The van der Waals surface area contributed by atoms with E-state index in [1.54, 1.807) is 0 Å². The molecule has 3 aromatic rings. The molecule has 2 N–H and O–H groups in total. The van der Waals surface area contributed by atoms with Crippen LogP contribution >= 0.6 is 11.6 Å². The van der Waals surface area contributed by atoms with Crippen molar-refractivity contribution in [3.05, 3.63) is 101 Å². The predicted molar refractivity (Wildman–Crippen MR) is 100 cm³/mol. The van der Waals surface area contributed by atoms with Crippen LogP contribution in [-0.4, -0.2) is 0 Å². The first-order valence-electron chi connectivity index (χ1n) is 8.11. The lowest BCUT2D eigenvalue weighted by Crippen LogP contribution is -2.51. The van der Waals surface area contributed by atoms with Crippen LogP contribution in [0.2, 0.25) is 5.02 Å².